The van der Waals surface area contributed by atoms with Gasteiger partial charge in [0.25, 0.3) is 5.91 Å². The van der Waals surface area contributed by atoms with Gasteiger partial charge < -0.3 is 10.4 Å². The molecule has 0 heterocycles. The maximum atomic E-state index is 11.5. The lowest BCUT2D eigenvalue weighted by molar-refractivity contribution is 0.0936. The van der Waals surface area contributed by atoms with Crippen LogP contribution in [0.4, 0.5) is 4.79 Å². The van der Waals surface area contributed by atoms with E-state index in [9.17, 15) is 9.59 Å². The Morgan fingerprint density at radius 1 is 1.12 bits per heavy atom. The summed E-state index contributed by atoms with van der Waals surface area (Å²) in [5.41, 5.74) is 4.80. The molecule has 0 saturated heterocycles. The molecule has 0 radical (unpaired) electrons. The number of hydrogen-bond acceptors (Lipinski definition) is 3. The molecule has 0 fully saturated rings. The molecule has 1 aromatic rings. The standard InChI is InChI=1S/C11H15N3O3/c1-7(2)12-11(17)14-13-10(16)8-3-5-9(15)6-4-8/h3-7,15H,1-2H3,(H,13,16)(H2,12,14,17). The van der Waals surface area contributed by atoms with Crippen molar-refractivity contribution in [3.05, 3.63) is 29.8 Å². The molecule has 0 bridgehead atoms. The molecule has 0 aliphatic rings. The summed E-state index contributed by atoms with van der Waals surface area (Å²) in [6.45, 7) is 3.61. The summed E-state index contributed by atoms with van der Waals surface area (Å²) in [4.78, 5) is 22.7. The fourth-order valence-electron chi connectivity index (χ4n) is 1.10. The number of phenolic OH excluding ortho intramolecular Hbond substituents is 1. The lowest BCUT2D eigenvalue weighted by atomic mass is 10.2. The Morgan fingerprint density at radius 2 is 1.71 bits per heavy atom. The lowest BCUT2D eigenvalue weighted by Gasteiger charge is -2.10. The maximum absolute atomic E-state index is 11.5. The highest BCUT2D eigenvalue weighted by Gasteiger charge is 2.07. The van der Waals surface area contributed by atoms with Gasteiger partial charge in [-0.1, -0.05) is 0 Å². The van der Waals surface area contributed by atoms with Gasteiger partial charge in [0.05, 0.1) is 0 Å². The number of hydrazine groups is 1. The van der Waals surface area contributed by atoms with Gasteiger partial charge in [-0.2, -0.15) is 0 Å². The monoisotopic (exact) mass is 237 g/mol. The Bertz CT molecular complexity index is 401. The minimum Gasteiger partial charge on any atom is -0.508 e. The van der Waals surface area contributed by atoms with E-state index in [1.54, 1.807) is 13.8 Å². The second kappa shape index (κ2) is 5.74. The fourth-order valence-corrected chi connectivity index (χ4v) is 1.10. The smallest absolute Gasteiger partial charge is 0.333 e. The topological polar surface area (TPSA) is 90.5 Å². The zero-order valence-electron chi connectivity index (χ0n) is 9.65. The normalized spacial score (nSPS) is 9.82. The van der Waals surface area contributed by atoms with Gasteiger partial charge in [-0.3, -0.25) is 10.2 Å². The fraction of sp³-hybridized carbons (Fsp3) is 0.273. The molecule has 6 nitrogen and oxygen atoms in total. The Kier molecular flexibility index (Phi) is 4.33. The van der Waals surface area contributed by atoms with Crippen molar-refractivity contribution >= 4 is 11.9 Å². The lowest BCUT2D eigenvalue weighted by Crippen LogP contribution is -2.48. The molecule has 3 amide bonds. The second-order valence-electron chi connectivity index (χ2n) is 3.75. The average molecular weight is 237 g/mol. The van der Waals surface area contributed by atoms with Crippen LogP contribution >= 0.6 is 0 Å². The number of hydrogen-bond donors (Lipinski definition) is 4. The van der Waals surface area contributed by atoms with E-state index in [-0.39, 0.29) is 11.8 Å². The maximum Gasteiger partial charge on any atom is 0.333 e. The molecule has 6 heteroatoms. The Hall–Kier alpha value is -2.24. The van der Waals surface area contributed by atoms with E-state index in [4.69, 9.17) is 5.11 Å². The van der Waals surface area contributed by atoms with Crippen LogP contribution in [0, 0.1) is 0 Å². The summed E-state index contributed by atoms with van der Waals surface area (Å²) < 4.78 is 0. The SMILES string of the molecule is CC(C)NC(=O)NNC(=O)c1ccc(O)cc1. The molecule has 0 aromatic heterocycles. The number of benzene rings is 1. The van der Waals surface area contributed by atoms with Crippen LogP contribution in [0.1, 0.15) is 24.2 Å². The first-order valence-electron chi connectivity index (χ1n) is 5.15. The summed E-state index contributed by atoms with van der Waals surface area (Å²) in [6.07, 6.45) is 0. The Balaban J connectivity index is 2.45. The van der Waals surface area contributed by atoms with E-state index in [1.165, 1.54) is 24.3 Å². The molecule has 1 rings (SSSR count). The van der Waals surface area contributed by atoms with E-state index in [1.807, 2.05) is 0 Å². The highest BCUT2D eigenvalue weighted by atomic mass is 16.3. The predicted molar refractivity (Wildman–Crippen MR) is 62.4 cm³/mol. The summed E-state index contributed by atoms with van der Waals surface area (Å²) in [5.74, 6) is -0.379. The first kappa shape index (κ1) is 12.8. The molecule has 92 valence electrons. The zero-order chi connectivity index (χ0) is 12.8. The van der Waals surface area contributed by atoms with Gasteiger partial charge in [-0.05, 0) is 38.1 Å². The van der Waals surface area contributed by atoms with Gasteiger partial charge in [0.1, 0.15) is 5.75 Å². The van der Waals surface area contributed by atoms with Crippen LogP contribution in [0.3, 0.4) is 0 Å². The van der Waals surface area contributed by atoms with Crippen molar-refractivity contribution in [1.82, 2.24) is 16.2 Å². The second-order valence-corrected chi connectivity index (χ2v) is 3.75. The van der Waals surface area contributed by atoms with Crippen LogP contribution in [-0.2, 0) is 0 Å². The van der Waals surface area contributed by atoms with Crippen LogP contribution in [-0.4, -0.2) is 23.1 Å². The number of carbonyl (C=O) groups is 2. The summed E-state index contributed by atoms with van der Waals surface area (Å²) in [6, 6.07) is 5.19. The first-order chi connectivity index (χ1) is 7.99. The van der Waals surface area contributed by atoms with Crippen LogP contribution in [0.25, 0.3) is 0 Å². The minimum atomic E-state index is -0.480. The van der Waals surface area contributed by atoms with Crippen molar-refractivity contribution in [3.63, 3.8) is 0 Å². The van der Waals surface area contributed by atoms with Crippen molar-refractivity contribution < 1.29 is 14.7 Å². The van der Waals surface area contributed by atoms with E-state index >= 15 is 0 Å². The van der Waals surface area contributed by atoms with Gasteiger partial charge in [-0.15, -0.1) is 0 Å². The van der Waals surface area contributed by atoms with E-state index in [2.05, 4.69) is 16.2 Å². The van der Waals surface area contributed by atoms with E-state index in [0.29, 0.717) is 5.56 Å². The molecular formula is C11H15N3O3. The minimum absolute atomic E-state index is 0.0134. The molecule has 1 aromatic carbocycles. The van der Waals surface area contributed by atoms with Crippen molar-refractivity contribution in [2.75, 3.05) is 0 Å². The number of urea groups is 1. The molecule has 17 heavy (non-hydrogen) atoms. The predicted octanol–water partition coefficient (Wildman–Crippen LogP) is 0.745. The van der Waals surface area contributed by atoms with Crippen molar-refractivity contribution in [1.29, 1.82) is 0 Å². The molecule has 0 spiro atoms. The average Bonchev–Trinajstić information content (AvgIpc) is 2.26. The third-order valence-electron chi connectivity index (χ3n) is 1.84. The molecule has 0 aliphatic heterocycles. The van der Waals surface area contributed by atoms with Gasteiger partial charge in [0.2, 0.25) is 0 Å². The summed E-state index contributed by atoms with van der Waals surface area (Å²) >= 11 is 0. The van der Waals surface area contributed by atoms with Crippen LogP contribution in [0.15, 0.2) is 24.3 Å². The summed E-state index contributed by atoms with van der Waals surface area (Å²) in [5, 5.41) is 11.6. The molecular weight excluding hydrogens is 222 g/mol. The number of rotatable bonds is 2. The van der Waals surface area contributed by atoms with Gasteiger partial charge in [0, 0.05) is 11.6 Å². The van der Waals surface area contributed by atoms with E-state index < -0.39 is 11.9 Å². The van der Waals surface area contributed by atoms with E-state index in [0.717, 1.165) is 0 Å². The van der Waals surface area contributed by atoms with Crippen molar-refractivity contribution in [2.24, 2.45) is 0 Å². The van der Waals surface area contributed by atoms with Crippen molar-refractivity contribution in [2.45, 2.75) is 19.9 Å². The van der Waals surface area contributed by atoms with Gasteiger partial charge in [-0.25, -0.2) is 10.2 Å². The van der Waals surface area contributed by atoms with Crippen LogP contribution in [0.5, 0.6) is 5.75 Å². The quantitative estimate of drug-likeness (QED) is 0.572. The molecule has 4 N–H and O–H groups in total. The van der Waals surface area contributed by atoms with Crippen molar-refractivity contribution in [3.8, 4) is 5.75 Å². The van der Waals surface area contributed by atoms with Gasteiger partial charge in [0.15, 0.2) is 0 Å². The molecule has 0 saturated carbocycles. The largest absolute Gasteiger partial charge is 0.508 e. The zero-order valence-corrected chi connectivity index (χ0v) is 9.65. The number of amides is 3. The first-order valence-corrected chi connectivity index (χ1v) is 5.15. The number of nitrogens with one attached hydrogen (secondary N) is 3. The highest BCUT2D eigenvalue weighted by Crippen LogP contribution is 2.08. The number of aromatic hydroxyl groups is 1. The number of carbonyl (C=O) groups excluding carboxylic acids is 2. The molecule has 0 aliphatic carbocycles. The number of phenols is 1. The molecule has 0 unspecified atom stereocenters. The highest BCUT2D eigenvalue weighted by molar-refractivity contribution is 5.95. The third kappa shape index (κ3) is 4.42. The summed E-state index contributed by atoms with van der Waals surface area (Å²) in [7, 11) is 0. The van der Waals surface area contributed by atoms with Crippen LogP contribution in [0.2, 0.25) is 0 Å². The van der Waals surface area contributed by atoms with Gasteiger partial charge >= 0.3 is 6.03 Å². The molecule has 0 atom stereocenters. The Labute approximate surface area is 99.0 Å². The Morgan fingerprint density at radius 3 is 2.24 bits per heavy atom. The van der Waals surface area contributed by atoms with Crippen LogP contribution < -0.4 is 16.2 Å². The third-order valence-corrected chi connectivity index (χ3v) is 1.84.